The Hall–Kier alpha value is -2.14. The van der Waals surface area contributed by atoms with E-state index in [-0.39, 0.29) is 24.4 Å². The van der Waals surface area contributed by atoms with Crippen molar-refractivity contribution in [1.29, 1.82) is 0 Å². The Morgan fingerprint density at radius 1 is 1.12 bits per heavy atom. The number of hydrogen-bond acceptors (Lipinski definition) is 3. The lowest BCUT2D eigenvalue weighted by atomic mass is 10.1. The molecule has 1 saturated carbocycles. The smallest absolute Gasteiger partial charge is 0.268 e. The molecule has 1 heterocycles. The third-order valence-electron chi connectivity index (χ3n) is 4.86. The average Bonchev–Trinajstić information content (AvgIpc) is 3.24. The largest absolute Gasteiger partial charge is 0.352 e. The van der Waals surface area contributed by atoms with Crippen LogP contribution in [-0.4, -0.2) is 24.4 Å². The Morgan fingerprint density at radius 3 is 2.46 bits per heavy atom. The molecule has 2 amide bonds. The monoisotopic (exact) mass is 370 g/mol. The number of carbonyl (C=O) groups excluding carboxylic acids is 2. The maximum absolute atomic E-state index is 13.1. The first-order valence-electron chi connectivity index (χ1n) is 9.19. The number of nitrogens with zero attached hydrogens (tertiary/aromatic N) is 1. The van der Waals surface area contributed by atoms with Crippen LogP contribution in [0.5, 0.6) is 0 Å². The second-order valence-corrected chi connectivity index (χ2v) is 8.43. The van der Waals surface area contributed by atoms with Crippen LogP contribution in [0.2, 0.25) is 0 Å². The molecule has 5 heteroatoms. The quantitative estimate of drug-likeness (QED) is 0.849. The van der Waals surface area contributed by atoms with Gasteiger partial charge < -0.3 is 5.32 Å². The van der Waals surface area contributed by atoms with Crippen LogP contribution in [0.3, 0.4) is 0 Å². The van der Waals surface area contributed by atoms with Gasteiger partial charge in [-0.05, 0) is 57.4 Å². The predicted octanol–water partition coefficient (Wildman–Crippen LogP) is 4.38. The van der Waals surface area contributed by atoms with Crippen LogP contribution in [-0.2, 0) is 4.79 Å². The summed E-state index contributed by atoms with van der Waals surface area (Å²) >= 11 is 1.46. The van der Waals surface area contributed by atoms with E-state index in [2.05, 4.69) is 5.32 Å². The number of benzene rings is 1. The van der Waals surface area contributed by atoms with Crippen LogP contribution in [0.15, 0.2) is 30.3 Å². The molecule has 1 aliphatic carbocycles. The molecule has 0 aliphatic heterocycles. The van der Waals surface area contributed by atoms with Gasteiger partial charge in [0.15, 0.2) is 0 Å². The number of carbonyl (C=O) groups is 2. The molecule has 138 valence electrons. The minimum atomic E-state index is -0.114. The van der Waals surface area contributed by atoms with Gasteiger partial charge in [0, 0.05) is 16.6 Å². The van der Waals surface area contributed by atoms with Gasteiger partial charge in [0.05, 0.1) is 4.88 Å². The first kappa shape index (κ1) is 18.6. The molecule has 4 nitrogen and oxygen atoms in total. The molecule has 0 bridgehead atoms. The number of hydrogen-bond donors (Lipinski definition) is 1. The molecule has 1 aliphatic rings. The summed E-state index contributed by atoms with van der Waals surface area (Å²) in [5.74, 6) is -0.199. The molecule has 1 N–H and O–H groups in total. The van der Waals surface area contributed by atoms with E-state index >= 15 is 0 Å². The highest BCUT2D eigenvalue weighted by Crippen LogP contribution is 2.26. The van der Waals surface area contributed by atoms with E-state index in [4.69, 9.17) is 0 Å². The fourth-order valence-electron chi connectivity index (χ4n) is 3.54. The minimum Gasteiger partial charge on any atom is -0.352 e. The standard InChI is InChI=1S/C21H26N2O2S/c1-14-8-10-18(15(2)12-14)23(21(25)19-11-9-16(3)26-19)13-20(24)22-17-6-4-5-7-17/h8-12,17H,4-7,13H2,1-3H3,(H,22,24). The summed E-state index contributed by atoms with van der Waals surface area (Å²) in [5, 5.41) is 3.09. The zero-order valence-corrected chi connectivity index (χ0v) is 16.5. The van der Waals surface area contributed by atoms with Gasteiger partial charge in [0.25, 0.3) is 5.91 Å². The molecule has 1 aromatic carbocycles. The second-order valence-electron chi connectivity index (χ2n) is 7.14. The number of aryl methyl sites for hydroxylation is 3. The Labute approximate surface area is 159 Å². The van der Waals surface area contributed by atoms with Crippen LogP contribution in [0, 0.1) is 20.8 Å². The topological polar surface area (TPSA) is 49.4 Å². The van der Waals surface area contributed by atoms with Gasteiger partial charge in [-0.2, -0.15) is 0 Å². The van der Waals surface area contributed by atoms with Crippen molar-refractivity contribution in [3.8, 4) is 0 Å². The first-order chi connectivity index (χ1) is 12.4. The normalized spacial score (nSPS) is 14.4. The van der Waals surface area contributed by atoms with Gasteiger partial charge in [0.1, 0.15) is 6.54 Å². The van der Waals surface area contributed by atoms with Crippen LogP contribution in [0.25, 0.3) is 0 Å². The van der Waals surface area contributed by atoms with E-state index in [1.807, 2.05) is 51.1 Å². The summed E-state index contributed by atoms with van der Waals surface area (Å²) in [6.07, 6.45) is 4.40. The molecule has 0 spiro atoms. The van der Waals surface area contributed by atoms with Crippen molar-refractivity contribution >= 4 is 28.8 Å². The molecular formula is C21H26N2O2S. The predicted molar refractivity (Wildman–Crippen MR) is 107 cm³/mol. The van der Waals surface area contributed by atoms with Crippen molar-refractivity contribution < 1.29 is 9.59 Å². The van der Waals surface area contributed by atoms with Crippen LogP contribution < -0.4 is 10.2 Å². The Morgan fingerprint density at radius 2 is 1.85 bits per heavy atom. The Bertz CT molecular complexity index is 806. The third-order valence-corrected chi connectivity index (χ3v) is 5.85. The van der Waals surface area contributed by atoms with E-state index in [0.717, 1.165) is 34.5 Å². The van der Waals surface area contributed by atoms with E-state index < -0.39 is 0 Å². The fraction of sp³-hybridized carbons (Fsp3) is 0.429. The lowest BCUT2D eigenvalue weighted by molar-refractivity contribution is -0.120. The fourth-order valence-corrected chi connectivity index (χ4v) is 4.36. The number of anilines is 1. The van der Waals surface area contributed by atoms with E-state index in [1.165, 1.54) is 24.2 Å². The molecule has 0 saturated heterocycles. The van der Waals surface area contributed by atoms with Gasteiger partial charge >= 0.3 is 0 Å². The first-order valence-corrected chi connectivity index (χ1v) is 10.0. The number of rotatable bonds is 5. The van der Waals surface area contributed by atoms with Gasteiger partial charge in [-0.15, -0.1) is 11.3 Å². The maximum Gasteiger partial charge on any atom is 0.268 e. The van der Waals surface area contributed by atoms with E-state index in [0.29, 0.717) is 4.88 Å². The molecule has 3 rings (SSSR count). The van der Waals surface area contributed by atoms with Crippen LogP contribution in [0.1, 0.15) is 51.4 Å². The molecule has 0 radical (unpaired) electrons. The summed E-state index contributed by atoms with van der Waals surface area (Å²) in [6, 6.07) is 10.00. The maximum atomic E-state index is 13.1. The number of nitrogens with one attached hydrogen (secondary N) is 1. The molecular weight excluding hydrogens is 344 g/mol. The SMILES string of the molecule is Cc1ccc(N(CC(=O)NC2CCCC2)C(=O)c2ccc(C)s2)c(C)c1. The summed E-state index contributed by atoms with van der Waals surface area (Å²) in [4.78, 5) is 29.1. The highest BCUT2D eigenvalue weighted by Gasteiger charge is 2.25. The Balaban J connectivity index is 1.85. The van der Waals surface area contributed by atoms with Crippen molar-refractivity contribution in [2.45, 2.75) is 52.5 Å². The number of amides is 2. The van der Waals surface area contributed by atoms with Crippen molar-refractivity contribution in [1.82, 2.24) is 5.32 Å². The average molecular weight is 371 g/mol. The molecule has 0 atom stereocenters. The summed E-state index contributed by atoms with van der Waals surface area (Å²) in [6.45, 7) is 6.04. The number of thiophene rings is 1. The van der Waals surface area contributed by atoms with E-state index in [9.17, 15) is 9.59 Å². The van der Waals surface area contributed by atoms with Gasteiger partial charge in [-0.1, -0.05) is 30.5 Å². The zero-order valence-electron chi connectivity index (χ0n) is 15.7. The lowest BCUT2D eigenvalue weighted by Gasteiger charge is -2.25. The lowest BCUT2D eigenvalue weighted by Crippen LogP contribution is -2.43. The third kappa shape index (κ3) is 4.33. The summed E-state index contributed by atoms with van der Waals surface area (Å²) in [5.41, 5.74) is 2.94. The summed E-state index contributed by atoms with van der Waals surface area (Å²) in [7, 11) is 0. The second kappa shape index (κ2) is 8.04. The zero-order chi connectivity index (χ0) is 18.7. The Kier molecular flexibility index (Phi) is 5.77. The molecule has 1 fully saturated rings. The minimum absolute atomic E-state index is 0.0518. The highest BCUT2D eigenvalue weighted by molar-refractivity contribution is 7.14. The van der Waals surface area contributed by atoms with Crippen molar-refractivity contribution in [2.24, 2.45) is 0 Å². The van der Waals surface area contributed by atoms with Crippen LogP contribution >= 0.6 is 11.3 Å². The van der Waals surface area contributed by atoms with Crippen molar-refractivity contribution in [3.05, 3.63) is 51.2 Å². The van der Waals surface area contributed by atoms with Gasteiger partial charge in [-0.25, -0.2) is 0 Å². The summed E-state index contributed by atoms with van der Waals surface area (Å²) < 4.78 is 0. The van der Waals surface area contributed by atoms with Crippen molar-refractivity contribution in [2.75, 3.05) is 11.4 Å². The van der Waals surface area contributed by atoms with Gasteiger partial charge in [0.2, 0.25) is 5.91 Å². The van der Waals surface area contributed by atoms with Gasteiger partial charge in [-0.3, -0.25) is 14.5 Å². The molecule has 1 aromatic heterocycles. The van der Waals surface area contributed by atoms with Crippen LogP contribution in [0.4, 0.5) is 5.69 Å². The molecule has 0 unspecified atom stereocenters. The molecule has 26 heavy (non-hydrogen) atoms. The molecule has 2 aromatic rings. The van der Waals surface area contributed by atoms with Crippen molar-refractivity contribution in [3.63, 3.8) is 0 Å². The van der Waals surface area contributed by atoms with E-state index in [1.54, 1.807) is 4.90 Å². The highest BCUT2D eigenvalue weighted by atomic mass is 32.1.